The van der Waals surface area contributed by atoms with Crippen molar-refractivity contribution in [3.05, 3.63) is 5.28 Å². The van der Waals surface area contributed by atoms with Crippen molar-refractivity contribution in [3.8, 4) is 0 Å². The summed E-state index contributed by atoms with van der Waals surface area (Å²) < 4.78 is 0.274. The number of hydrogen-bond acceptors (Lipinski definition) is 6. The van der Waals surface area contributed by atoms with Gasteiger partial charge in [0.2, 0.25) is 17.2 Å². The molecule has 0 saturated carbocycles. The molecule has 0 amide bonds. The van der Waals surface area contributed by atoms with Gasteiger partial charge in [-0.05, 0) is 43.5 Å². The zero-order valence-electron chi connectivity index (χ0n) is 11.4. The topological polar surface area (TPSA) is 62.7 Å². The van der Waals surface area contributed by atoms with Crippen LogP contribution in [0.1, 0.15) is 33.1 Å². The number of aromatic nitrogens is 3. The summed E-state index contributed by atoms with van der Waals surface area (Å²) in [6, 6.07) is 0. The van der Waals surface area contributed by atoms with Crippen LogP contribution in [0.4, 0.5) is 11.9 Å². The minimum Gasteiger partial charge on any atom is -0.354 e. The molecular weight excluding hydrogens is 282 g/mol. The number of anilines is 2. The molecule has 1 aliphatic heterocycles. The fourth-order valence-corrected chi connectivity index (χ4v) is 3.39. The average Bonchev–Trinajstić information content (AvgIpc) is 2.81. The van der Waals surface area contributed by atoms with Crippen molar-refractivity contribution in [2.45, 2.75) is 37.9 Å². The lowest BCUT2D eigenvalue weighted by Gasteiger charge is -2.22. The maximum atomic E-state index is 5.91. The standard InChI is InChI=1S/C12H20ClN5S/c1-3-6-14-10-16-9(13)17-11(18-10)15-8-12(2)5-4-7-19-12/h3-8H2,1-2H3,(H2,14,15,16,17,18). The zero-order chi connectivity index (χ0) is 13.7. The Hall–Kier alpha value is -0.750. The SMILES string of the molecule is CCCNc1nc(Cl)nc(NCC2(C)CCCS2)n1. The lowest BCUT2D eigenvalue weighted by Crippen LogP contribution is -2.28. The molecule has 106 valence electrons. The Labute approximate surface area is 123 Å². The van der Waals surface area contributed by atoms with Crippen LogP contribution in [0, 0.1) is 0 Å². The van der Waals surface area contributed by atoms with E-state index in [9.17, 15) is 0 Å². The van der Waals surface area contributed by atoms with E-state index >= 15 is 0 Å². The van der Waals surface area contributed by atoms with Crippen molar-refractivity contribution in [2.24, 2.45) is 0 Å². The molecule has 0 radical (unpaired) electrons. The van der Waals surface area contributed by atoms with Gasteiger partial charge in [0.25, 0.3) is 0 Å². The fourth-order valence-electron chi connectivity index (χ4n) is 1.99. The molecule has 1 aliphatic rings. The second kappa shape index (κ2) is 6.61. The highest BCUT2D eigenvalue weighted by atomic mass is 35.5. The molecule has 2 N–H and O–H groups in total. The largest absolute Gasteiger partial charge is 0.354 e. The predicted molar refractivity (Wildman–Crippen MR) is 82.2 cm³/mol. The third kappa shape index (κ3) is 4.38. The van der Waals surface area contributed by atoms with Crippen LogP contribution in [0.5, 0.6) is 0 Å². The van der Waals surface area contributed by atoms with Gasteiger partial charge in [-0.1, -0.05) is 6.92 Å². The smallest absolute Gasteiger partial charge is 0.228 e. The number of rotatable bonds is 6. The van der Waals surface area contributed by atoms with E-state index in [0.29, 0.717) is 11.9 Å². The number of halogens is 1. The molecule has 1 aromatic heterocycles. The van der Waals surface area contributed by atoms with Crippen molar-refractivity contribution in [3.63, 3.8) is 0 Å². The van der Waals surface area contributed by atoms with Crippen LogP contribution in [0.25, 0.3) is 0 Å². The third-order valence-electron chi connectivity index (χ3n) is 3.06. The third-order valence-corrected chi connectivity index (χ3v) is 4.77. The summed E-state index contributed by atoms with van der Waals surface area (Å²) in [7, 11) is 0. The van der Waals surface area contributed by atoms with Crippen molar-refractivity contribution in [1.82, 2.24) is 15.0 Å². The number of hydrogen-bond donors (Lipinski definition) is 2. The maximum absolute atomic E-state index is 5.91. The Morgan fingerprint density at radius 2 is 2.00 bits per heavy atom. The normalized spacial score (nSPS) is 22.5. The fraction of sp³-hybridized carbons (Fsp3) is 0.750. The molecule has 2 heterocycles. The molecule has 1 unspecified atom stereocenters. The Kier molecular flexibility index (Phi) is 5.10. The first kappa shape index (κ1) is 14.7. The second-order valence-corrected chi connectivity index (χ2v) is 6.95. The van der Waals surface area contributed by atoms with Crippen LogP contribution in [-0.2, 0) is 0 Å². The van der Waals surface area contributed by atoms with Gasteiger partial charge in [0, 0.05) is 17.8 Å². The van der Waals surface area contributed by atoms with Crippen LogP contribution in [-0.4, -0.2) is 38.5 Å². The molecule has 7 heteroatoms. The summed E-state index contributed by atoms with van der Waals surface area (Å²) in [6.07, 6.45) is 3.52. The van der Waals surface area contributed by atoms with E-state index in [1.54, 1.807) is 0 Å². The summed E-state index contributed by atoms with van der Waals surface area (Å²) >= 11 is 7.92. The van der Waals surface area contributed by atoms with E-state index in [-0.39, 0.29) is 10.0 Å². The first-order valence-corrected chi connectivity index (χ1v) is 8.01. The average molecular weight is 302 g/mol. The van der Waals surface area contributed by atoms with E-state index in [1.165, 1.54) is 18.6 Å². The number of nitrogens with zero attached hydrogens (tertiary/aromatic N) is 3. The van der Waals surface area contributed by atoms with Crippen molar-refractivity contribution in [2.75, 3.05) is 29.5 Å². The number of thioether (sulfide) groups is 1. The van der Waals surface area contributed by atoms with Gasteiger partial charge in [-0.15, -0.1) is 0 Å². The molecule has 1 saturated heterocycles. The summed E-state index contributed by atoms with van der Waals surface area (Å²) in [4.78, 5) is 12.5. The molecule has 0 spiro atoms. The quantitative estimate of drug-likeness (QED) is 0.842. The molecule has 19 heavy (non-hydrogen) atoms. The van der Waals surface area contributed by atoms with Gasteiger partial charge in [0.05, 0.1) is 0 Å². The van der Waals surface area contributed by atoms with Gasteiger partial charge >= 0.3 is 0 Å². The van der Waals surface area contributed by atoms with Crippen LogP contribution in [0.15, 0.2) is 0 Å². The van der Waals surface area contributed by atoms with Crippen LogP contribution >= 0.6 is 23.4 Å². The highest BCUT2D eigenvalue weighted by molar-refractivity contribution is 8.00. The molecule has 0 aliphatic carbocycles. The van der Waals surface area contributed by atoms with E-state index in [0.717, 1.165) is 19.5 Å². The monoisotopic (exact) mass is 301 g/mol. The Balaban J connectivity index is 1.97. The zero-order valence-corrected chi connectivity index (χ0v) is 12.9. The van der Waals surface area contributed by atoms with E-state index in [1.807, 2.05) is 11.8 Å². The summed E-state index contributed by atoms with van der Waals surface area (Å²) in [5.74, 6) is 2.32. The van der Waals surface area contributed by atoms with E-state index in [2.05, 4.69) is 39.4 Å². The lowest BCUT2D eigenvalue weighted by molar-refractivity contribution is 0.632. The van der Waals surface area contributed by atoms with Gasteiger partial charge in [0.15, 0.2) is 0 Å². The second-order valence-electron chi connectivity index (χ2n) is 4.93. The Bertz CT molecular complexity index is 423. The Morgan fingerprint density at radius 3 is 2.63 bits per heavy atom. The van der Waals surface area contributed by atoms with Crippen molar-refractivity contribution in [1.29, 1.82) is 0 Å². The van der Waals surface area contributed by atoms with Gasteiger partial charge in [0.1, 0.15) is 0 Å². The van der Waals surface area contributed by atoms with Gasteiger partial charge in [-0.2, -0.15) is 26.7 Å². The van der Waals surface area contributed by atoms with E-state index in [4.69, 9.17) is 11.6 Å². The van der Waals surface area contributed by atoms with Gasteiger partial charge in [-0.3, -0.25) is 0 Å². The summed E-state index contributed by atoms with van der Waals surface area (Å²) in [6.45, 7) is 6.04. The summed E-state index contributed by atoms with van der Waals surface area (Å²) in [5.41, 5.74) is 0. The molecule has 0 bridgehead atoms. The van der Waals surface area contributed by atoms with Gasteiger partial charge < -0.3 is 10.6 Å². The maximum Gasteiger partial charge on any atom is 0.228 e. The highest BCUT2D eigenvalue weighted by Crippen LogP contribution is 2.37. The van der Waals surface area contributed by atoms with Gasteiger partial charge in [-0.25, -0.2) is 0 Å². The minimum absolute atomic E-state index is 0.223. The predicted octanol–water partition coefficient (Wildman–Crippen LogP) is 3.04. The Morgan fingerprint density at radius 1 is 1.26 bits per heavy atom. The van der Waals surface area contributed by atoms with Crippen molar-refractivity contribution < 1.29 is 0 Å². The highest BCUT2D eigenvalue weighted by Gasteiger charge is 2.29. The molecule has 1 fully saturated rings. The first-order valence-electron chi connectivity index (χ1n) is 6.64. The molecule has 1 aromatic rings. The minimum atomic E-state index is 0.223. The molecule has 2 rings (SSSR count). The molecule has 5 nitrogen and oxygen atoms in total. The molecule has 0 aromatic carbocycles. The van der Waals surface area contributed by atoms with E-state index < -0.39 is 0 Å². The van der Waals surface area contributed by atoms with Crippen LogP contribution < -0.4 is 10.6 Å². The number of nitrogens with one attached hydrogen (secondary N) is 2. The molecular formula is C12H20ClN5S. The van der Waals surface area contributed by atoms with Crippen LogP contribution in [0.3, 0.4) is 0 Å². The lowest BCUT2D eigenvalue weighted by atomic mass is 10.1. The first-order chi connectivity index (χ1) is 9.11. The summed E-state index contributed by atoms with van der Waals surface area (Å²) in [5, 5.41) is 6.62. The van der Waals surface area contributed by atoms with Crippen LogP contribution in [0.2, 0.25) is 5.28 Å². The van der Waals surface area contributed by atoms with Crippen molar-refractivity contribution >= 4 is 35.3 Å². The molecule has 1 atom stereocenters.